The summed E-state index contributed by atoms with van der Waals surface area (Å²) < 4.78 is 0.965. The molecular formula is C13H11ClIN3O. The van der Waals surface area contributed by atoms with Gasteiger partial charge in [0.2, 0.25) is 0 Å². The van der Waals surface area contributed by atoms with E-state index in [0.29, 0.717) is 16.4 Å². The third kappa shape index (κ3) is 3.36. The molecule has 0 unspecified atom stereocenters. The van der Waals surface area contributed by atoms with Crippen LogP contribution in [0.15, 0.2) is 36.5 Å². The lowest BCUT2D eigenvalue weighted by Crippen LogP contribution is -2.14. The fourth-order valence-electron chi connectivity index (χ4n) is 1.50. The van der Waals surface area contributed by atoms with Gasteiger partial charge in [-0.2, -0.15) is 0 Å². The van der Waals surface area contributed by atoms with Gasteiger partial charge in [0.15, 0.2) is 0 Å². The number of hydrogen-bond acceptors (Lipinski definition) is 3. The van der Waals surface area contributed by atoms with Crippen LogP contribution in [0.4, 0.5) is 11.5 Å². The zero-order chi connectivity index (χ0) is 13.8. The summed E-state index contributed by atoms with van der Waals surface area (Å²) in [6.45, 7) is 0. The first-order valence-electron chi connectivity index (χ1n) is 5.51. The van der Waals surface area contributed by atoms with Crippen LogP contribution in [0.2, 0.25) is 5.02 Å². The molecule has 0 saturated carbocycles. The molecule has 1 aromatic carbocycles. The minimum absolute atomic E-state index is 0.256. The number of para-hydroxylation sites is 1. The molecular weight excluding hydrogens is 377 g/mol. The summed E-state index contributed by atoms with van der Waals surface area (Å²) in [6.07, 6.45) is 1.46. The average Bonchev–Trinajstić information content (AvgIpc) is 2.42. The number of carbonyl (C=O) groups excluding carboxylic acids is 1. The van der Waals surface area contributed by atoms with Gasteiger partial charge in [0.25, 0.3) is 5.91 Å². The third-order valence-electron chi connectivity index (χ3n) is 2.48. The van der Waals surface area contributed by atoms with E-state index in [0.717, 1.165) is 9.26 Å². The van der Waals surface area contributed by atoms with Crippen molar-refractivity contribution < 1.29 is 4.79 Å². The molecule has 0 aliphatic carbocycles. The van der Waals surface area contributed by atoms with E-state index in [-0.39, 0.29) is 5.91 Å². The highest BCUT2D eigenvalue weighted by Crippen LogP contribution is 2.22. The number of amides is 1. The average molecular weight is 388 g/mol. The molecule has 0 aliphatic heterocycles. The van der Waals surface area contributed by atoms with E-state index in [4.69, 9.17) is 11.6 Å². The lowest BCUT2D eigenvalue weighted by atomic mass is 10.2. The number of pyridine rings is 1. The van der Waals surface area contributed by atoms with Crippen molar-refractivity contribution in [3.63, 3.8) is 0 Å². The number of carbonyl (C=O) groups is 1. The van der Waals surface area contributed by atoms with Crippen molar-refractivity contribution >= 4 is 51.6 Å². The van der Waals surface area contributed by atoms with Gasteiger partial charge in [-0.1, -0.05) is 23.7 Å². The number of anilines is 2. The van der Waals surface area contributed by atoms with E-state index in [2.05, 4.69) is 38.2 Å². The molecule has 0 aliphatic rings. The molecule has 0 spiro atoms. The summed E-state index contributed by atoms with van der Waals surface area (Å²) in [5, 5.41) is 6.03. The molecule has 2 aromatic rings. The fourth-order valence-corrected chi connectivity index (χ4v) is 2.21. The van der Waals surface area contributed by atoms with Crippen LogP contribution in [0.5, 0.6) is 0 Å². The van der Waals surface area contributed by atoms with Gasteiger partial charge in [-0.05, 0) is 40.8 Å². The molecule has 2 rings (SSSR count). The number of nitrogens with zero attached hydrogens (tertiary/aromatic N) is 1. The molecule has 0 fully saturated rings. The van der Waals surface area contributed by atoms with Crippen LogP contribution in [0.25, 0.3) is 0 Å². The Balaban J connectivity index is 2.28. The van der Waals surface area contributed by atoms with Crippen LogP contribution in [-0.2, 0) is 0 Å². The molecule has 2 N–H and O–H groups in total. The normalized spacial score (nSPS) is 10.1. The van der Waals surface area contributed by atoms with Gasteiger partial charge in [0.1, 0.15) is 5.82 Å². The Bertz CT molecular complexity index is 619. The quantitative estimate of drug-likeness (QED) is 0.791. The molecule has 98 valence electrons. The first-order valence-corrected chi connectivity index (χ1v) is 6.96. The standard InChI is InChI=1S/C13H11ClIN3O/c1-16-12-6-8(9(14)7-17-12)13(19)18-11-5-3-2-4-10(11)15/h2-7H,1H3,(H,16,17)(H,18,19). The Labute approximate surface area is 129 Å². The predicted molar refractivity (Wildman–Crippen MR) is 85.9 cm³/mol. The number of rotatable bonds is 3. The third-order valence-corrected chi connectivity index (χ3v) is 3.72. The maximum atomic E-state index is 12.2. The predicted octanol–water partition coefficient (Wildman–Crippen LogP) is 3.63. The second kappa shape index (κ2) is 6.21. The second-order valence-electron chi connectivity index (χ2n) is 3.73. The Morgan fingerprint density at radius 1 is 1.37 bits per heavy atom. The second-order valence-corrected chi connectivity index (χ2v) is 5.30. The smallest absolute Gasteiger partial charge is 0.257 e. The fraction of sp³-hybridized carbons (Fsp3) is 0.0769. The molecule has 19 heavy (non-hydrogen) atoms. The molecule has 0 atom stereocenters. The molecule has 0 radical (unpaired) electrons. The largest absolute Gasteiger partial charge is 0.373 e. The summed E-state index contributed by atoms with van der Waals surface area (Å²) in [6, 6.07) is 9.16. The Hall–Kier alpha value is -1.34. The first kappa shape index (κ1) is 14.1. The van der Waals surface area contributed by atoms with Crippen LogP contribution in [0, 0.1) is 3.57 Å². The van der Waals surface area contributed by atoms with Crippen LogP contribution in [-0.4, -0.2) is 17.9 Å². The highest BCUT2D eigenvalue weighted by atomic mass is 127. The SMILES string of the molecule is CNc1cc(C(=O)Nc2ccccc2I)c(Cl)cn1. The van der Waals surface area contributed by atoms with E-state index >= 15 is 0 Å². The number of hydrogen-bond donors (Lipinski definition) is 2. The van der Waals surface area contributed by atoms with Gasteiger partial charge in [-0.15, -0.1) is 0 Å². The molecule has 1 aromatic heterocycles. The van der Waals surface area contributed by atoms with Crippen molar-refractivity contribution in [2.75, 3.05) is 17.7 Å². The molecule has 1 amide bonds. The minimum atomic E-state index is -0.256. The van der Waals surface area contributed by atoms with Crippen LogP contribution in [0.1, 0.15) is 10.4 Å². The topological polar surface area (TPSA) is 54.0 Å². The van der Waals surface area contributed by atoms with Crippen molar-refractivity contribution in [2.45, 2.75) is 0 Å². The number of benzene rings is 1. The van der Waals surface area contributed by atoms with E-state index in [1.807, 2.05) is 24.3 Å². The number of nitrogens with one attached hydrogen (secondary N) is 2. The zero-order valence-electron chi connectivity index (χ0n) is 10.1. The van der Waals surface area contributed by atoms with Gasteiger partial charge in [-0.3, -0.25) is 4.79 Å². The maximum Gasteiger partial charge on any atom is 0.257 e. The Morgan fingerprint density at radius 2 is 2.11 bits per heavy atom. The Morgan fingerprint density at radius 3 is 2.79 bits per heavy atom. The zero-order valence-corrected chi connectivity index (χ0v) is 13.0. The van der Waals surface area contributed by atoms with Crippen molar-refractivity contribution in [3.05, 3.63) is 50.7 Å². The summed E-state index contributed by atoms with van der Waals surface area (Å²) in [4.78, 5) is 16.2. The van der Waals surface area contributed by atoms with Gasteiger partial charge >= 0.3 is 0 Å². The summed E-state index contributed by atoms with van der Waals surface area (Å²) >= 11 is 8.16. The molecule has 6 heteroatoms. The highest BCUT2D eigenvalue weighted by Gasteiger charge is 2.13. The van der Waals surface area contributed by atoms with E-state index in [1.54, 1.807) is 13.1 Å². The lowest BCUT2D eigenvalue weighted by molar-refractivity contribution is 0.102. The van der Waals surface area contributed by atoms with Gasteiger partial charge in [0, 0.05) is 16.8 Å². The molecule has 0 saturated heterocycles. The van der Waals surface area contributed by atoms with Crippen molar-refractivity contribution in [1.29, 1.82) is 0 Å². The molecule has 0 bridgehead atoms. The highest BCUT2D eigenvalue weighted by molar-refractivity contribution is 14.1. The number of aromatic nitrogens is 1. The first-order chi connectivity index (χ1) is 9.11. The van der Waals surface area contributed by atoms with E-state index in [1.165, 1.54) is 6.20 Å². The molecule has 4 nitrogen and oxygen atoms in total. The summed E-state index contributed by atoms with van der Waals surface area (Å²) in [5.41, 5.74) is 1.15. The van der Waals surface area contributed by atoms with Gasteiger partial charge in [-0.25, -0.2) is 4.98 Å². The minimum Gasteiger partial charge on any atom is -0.373 e. The molecule has 1 heterocycles. The van der Waals surface area contributed by atoms with Gasteiger partial charge in [0.05, 0.1) is 16.3 Å². The van der Waals surface area contributed by atoms with Crippen molar-refractivity contribution in [3.8, 4) is 0 Å². The maximum absolute atomic E-state index is 12.2. The number of halogens is 2. The van der Waals surface area contributed by atoms with Crippen molar-refractivity contribution in [1.82, 2.24) is 4.98 Å². The van der Waals surface area contributed by atoms with E-state index in [9.17, 15) is 4.79 Å². The van der Waals surface area contributed by atoms with Gasteiger partial charge < -0.3 is 10.6 Å². The van der Waals surface area contributed by atoms with E-state index < -0.39 is 0 Å². The monoisotopic (exact) mass is 387 g/mol. The lowest BCUT2D eigenvalue weighted by Gasteiger charge is -2.09. The van der Waals surface area contributed by atoms with Crippen LogP contribution in [0.3, 0.4) is 0 Å². The van der Waals surface area contributed by atoms with Crippen LogP contribution < -0.4 is 10.6 Å². The van der Waals surface area contributed by atoms with Crippen LogP contribution >= 0.6 is 34.2 Å². The summed E-state index contributed by atoms with van der Waals surface area (Å²) in [7, 11) is 1.73. The van der Waals surface area contributed by atoms with Crippen molar-refractivity contribution in [2.24, 2.45) is 0 Å². The summed E-state index contributed by atoms with van der Waals surface area (Å²) in [5.74, 6) is 0.338. The Kier molecular flexibility index (Phi) is 4.60.